The minimum atomic E-state index is -0.519. The van der Waals surface area contributed by atoms with Gasteiger partial charge in [-0.1, -0.05) is 0 Å². The maximum absolute atomic E-state index is 12.1. The van der Waals surface area contributed by atoms with Gasteiger partial charge in [0.15, 0.2) is 5.96 Å². The fraction of sp³-hybridized carbons (Fsp3) is 0.900. The predicted octanol–water partition coefficient (Wildman–Crippen LogP) is 1.96. The van der Waals surface area contributed by atoms with Gasteiger partial charge < -0.3 is 25.4 Å². The van der Waals surface area contributed by atoms with Crippen molar-refractivity contribution in [3.8, 4) is 0 Å². The molecule has 28 heavy (non-hydrogen) atoms. The average molecular weight is 400 g/mol. The molecule has 3 N–H and O–H groups in total. The number of carbonyl (C=O) groups excluding carboxylic acids is 1. The van der Waals surface area contributed by atoms with Crippen LogP contribution in [0.2, 0.25) is 0 Å². The van der Waals surface area contributed by atoms with E-state index in [-0.39, 0.29) is 5.54 Å². The van der Waals surface area contributed by atoms with Gasteiger partial charge in [-0.2, -0.15) is 0 Å². The monoisotopic (exact) mass is 399 g/mol. The SMILES string of the molecule is CCNC(=NCC(C)(C)N1CCOCC1)NCC(C)(C)NC(=O)OC(C)(C)C. The van der Waals surface area contributed by atoms with E-state index < -0.39 is 17.2 Å². The summed E-state index contributed by atoms with van der Waals surface area (Å²) in [7, 11) is 0. The highest BCUT2D eigenvalue weighted by Gasteiger charge is 2.28. The van der Waals surface area contributed by atoms with Gasteiger partial charge in [-0.3, -0.25) is 9.89 Å². The highest BCUT2D eigenvalue weighted by Crippen LogP contribution is 2.16. The summed E-state index contributed by atoms with van der Waals surface area (Å²) >= 11 is 0. The molecule has 0 bridgehead atoms. The van der Waals surface area contributed by atoms with Crippen molar-refractivity contribution in [2.45, 2.75) is 72.1 Å². The van der Waals surface area contributed by atoms with Crippen molar-refractivity contribution in [2.24, 2.45) is 4.99 Å². The van der Waals surface area contributed by atoms with Crippen molar-refractivity contribution < 1.29 is 14.3 Å². The van der Waals surface area contributed by atoms with Crippen molar-refractivity contribution in [3.63, 3.8) is 0 Å². The van der Waals surface area contributed by atoms with E-state index in [4.69, 9.17) is 14.5 Å². The molecule has 8 nitrogen and oxygen atoms in total. The summed E-state index contributed by atoms with van der Waals surface area (Å²) in [6, 6.07) is 0. The van der Waals surface area contributed by atoms with Crippen molar-refractivity contribution in [1.82, 2.24) is 20.9 Å². The van der Waals surface area contributed by atoms with Crippen LogP contribution in [0, 0.1) is 0 Å². The Hall–Kier alpha value is -1.54. The first kappa shape index (κ1) is 24.5. The van der Waals surface area contributed by atoms with Gasteiger partial charge in [0.25, 0.3) is 0 Å². The van der Waals surface area contributed by atoms with Gasteiger partial charge >= 0.3 is 6.09 Å². The summed E-state index contributed by atoms with van der Waals surface area (Å²) in [6.45, 7) is 21.3. The molecule has 1 amide bonds. The standard InChI is InChI=1S/C20H41N5O3/c1-9-21-16(23-15-20(7,8)25-10-12-27-13-11-25)22-14-19(5,6)24-17(26)28-18(2,3)4/h9-15H2,1-8H3,(H,24,26)(H2,21,22,23). The van der Waals surface area contributed by atoms with Crippen LogP contribution >= 0.6 is 0 Å². The van der Waals surface area contributed by atoms with Gasteiger partial charge in [-0.25, -0.2) is 4.79 Å². The highest BCUT2D eigenvalue weighted by atomic mass is 16.6. The Kier molecular flexibility index (Phi) is 9.01. The van der Waals surface area contributed by atoms with Crippen molar-refractivity contribution in [2.75, 3.05) is 45.9 Å². The van der Waals surface area contributed by atoms with Gasteiger partial charge in [0.05, 0.1) is 25.3 Å². The van der Waals surface area contributed by atoms with E-state index in [0.29, 0.717) is 13.1 Å². The molecule has 0 radical (unpaired) electrons. The van der Waals surface area contributed by atoms with Gasteiger partial charge in [-0.05, 0) is 55.4 Å². The summed E-state index contributed by atoms with van der Waals surface area (Å²) in [4.78, 5) is 19.2. The van der Waals surface area contributed by atoms with Crippen LogP contribution in [0.3, 0.4) is 0 Å². The first-order valence-electron chi connectivity index (χ1n) is 10.2. The normalized spacial score (nSPS) is 17.2. The van der Waals surface area contributed by atoms with Crippen molar-refractivity contribution in [1.29, 1.82) is 0 Å². The Morgan fingerprint density at radius 1 is 1.07 bits per heavy atom. The molecule has 0 unspecified atom stereocenters. The molecule has 1 aliphatic rings. The second-order valence-corrected chi connectivity index (χ2v) is 9.47. The third-order valence-electron chi connectivity index (χ3n) is 4.37. The van der Waals surface area contributed by atoms with E-state index in [1.807, 2.05) is 41.5 Å². The second kappa shape index (κ2) is 10.3. The van der Waals surface area contributed by atoms with Crippen LogP contribution in [0.4, 0.5) is 4.79 Å². The number of carbonyl (C=O) groups is 1. The van der Waals surface area contributed by atoms with E-state index in [1.165, 1.54) is 0 Å². The molecule has 1 heterocycles. The molecule has 1 rings (SSSR count). The minimum Gasteiger partial charge on any atom is -0.444 e. The van der Waals surface area contributed by atoms with Crippen LogP contribution in [0.15, 0.2) is 4.99 Å². The third kappa shape index (κ3) is 9.59. The number of hydrogen-bond acceptors (Lipinski definition) is 5. The quantitative estimate of drug-likeness (QED) is 0.448. The number of nitrogens with zero attached hydrogens (tertiary/aromatic N) is 2. The highest BCUT2D eigenvalue weighted by molar-refractivity contribution is 5.80. The number of amides is 1. The van der Waals surface area contributed by atoms with E-state index in [1.54, 1.807) is 0 Å². The number of hydrogen-bond donors (Lipinski definition) is 3. The average Bonchev–Trinajstić information content (AvgIpc) is 2.56. The van der Waals surface area contributed by atoms with Gasteiger partial charge in [0, 0.05) is 31.7 Å². The maximum atomic E-state index is 12.1. The smallest absolute Gasteiger partial charge is 0.408 e. The zero-order valence-electron chi connectivity index (χ0n) is 19.1. The molecule has 0 aliphatic carbocycles. The molecule has 0 aromatic rings. The number of ether oxygens (including phenoxy) is 2. The molecule has 0 spiro atoms. The van der Waals surface area contributed by atoms with Crippen LogP contribution in [-0.4, -0.2) is 79.6 Å². The Morgan fingerprint density at radius 3 is 2.21 bits per heavy atom. The van der Waals surface area contributed by atoms with Crippen molar-refractivity contribution >= 4 is 12.1 Å². The lowest BCUT2D eigenvalue weighted by Crippen LogP contribution is -2.55. The first-order valence-corrected chi connectivity index (χ1v) is 10.2. The van der Waals surface area contributed by atoms with Crippen molar-refractivity contribution in [3.05, 3.63) is 0 Å². The zero-order chi connectivity index (χ0) is 21.4. The van der Waals surface area contributed by atoms with E-state index in [2.05, 4.69) is 34.7 Å². The molecule has 164 valence electrons. The Bertz CT molecular complexity index is 520. The lowest BCUT2D eigenvalue weighted by molar-refractivity contribution is -0.00684. The van der Waals surface area contributed by atoms with Gasteiger partial charge in [0.1, 0.15) is 5.60 Å². The summed E-state index contributed by atoms with van der Waals surface area (Å²) in [5.74, 6) is 0.739. The molecular weight excluding hydrogens is 358 g/mol. The predicted molar refractivity (Wildman–Crippen MR) is 114 cm³/mol. The fourth-order valence-electron chi connectivity index (χ4n) is 2.81. The lowest BCUT2D eigenvalue weighted by Gasteiger charge is -2.40. The van der Waals surface area contributed by atoms with Crippen LogP contribution in [0.5, 0.6) is 0 Å². The Labute approximate surface area is 170 Å². The Morgan fingerprint density at radius 2 is 1.68 bits per heavy atom. The van der Waals surface area contributed by atoms with E-state index in [0.717, 1.165) is 38.8 Å². The summed E-state index contributed by atoms with van der Waals surface area (Å²) in [5.41, 5.74) is -1.05. The minimum absolute atomic E-state index is 0.0452. The zero-order valence-corrected chi connectivity index (χ0v) is 19.1. The number of morpholine rings is 1. The molecule has 1 fully saturated rings. The molecule has 1 aliphatic heterocycles. The number of guanidine groups is 1. The molecular formula is C20H41N5O3. The fourth-order valence-corrected chi connectivity index (χ4v) is 2.81. The number of aliphatic imine (C=N–C) groups is 1. The largest absolute Gasteiger partial charge is 0.444 e. The van der Waals surface area contributed by atoms with Gasteiger partial charge in [-0.15, -0.1) is 0 Å². The molecule has 8 heteroatoms. The van der Waals surface area contributed by atoms with Crippen LogP contribution in [0.1, 0.15) is 55.4 Å². The van der Waals surface area contributed by atoms with Crippen LogP contribution in [-0.2, 0) is 9.47 Å². The van der Waals surface area contributed by atoms with Crippen LogP contribution in [0.25, 0.3) is 0 Å². The third-order valence-corrected chi connectivity index (χ3v) is 4.37. The topological polar surface area (TPSA) is 87.2 Å². The molecule has 0 saturated carbocycles. The second-order valence-electron chi connectivity index (χ2n) is 9.47. The number of alkyl carbamates (subject to hydrolysis) is 1. The van der Waals surface area contributed by atoms with Crippen LogP contribution < -0.4 is 16.0 Å². The molecule has 1 saturated heterocycles. The van der Waals surface area contributed by atoms with E-state index >= 15 is 0 Å². The number of rotatable bonds is 7. The molecule has 0 atom stereocenters. The summed E-state index contributed by atoms with van der Waals surface area (Å²) < 4.78 is 10.8. The molecule has 0 aromatic heterocycles. The van der Waals surface area contributed by atoms with Gasteiger partial charge in [0.2, 0.25) is 0 Å². The van der Waals surface area contributed by atoms with E-state index in [9.17, 15) is 4.79 Å². The Balaban J connectivity index is 2.62. The molecule has 0 aromatic carbocycles. The summed E-state index contributed by atoms with van der Waals surface area (Å²) in [6.07, 6.45) is -0.422. The number of nitrogens with one attached hydrogen (secondary N) is 3. The first-order chi connectivity index (χ1) is 12.8. The maximum Gasteiger partial charge on any atom is 0.408 e. The lowest BCUT2D eigenvalue weighted by atomic mass is 10.0. The summed E-state index contributed by atoms with van der Waals surface area (Å²) in [5, 5.41) is 9.51.